The van der Waals surface area contributed by atoms with Gasteiger partial charge < -0.3 is 4.57 Å². The van der Waals surface area contributed by atoms with Crippen molar-refractivity contribution in [3.8, 4) is 5.69 Å². The van der Waals surface area contributed by atoms with E-state index in [0.717, 1.165) is 39.1 Å². The van der Waals surface area contributed by atoms with Gasteiger partial charge in [-0.1, -0.05) is 42.5 Å². The number of pyridine rings is 1. The average molecular weight is 382 g/mol. The normalized spacial score (nSPS) is 11.6. The molecule has 5 nitrogen and oxygen atoms in total. The molecule has 0 saturated carbocycles. The number of para-hydroxylation sites is 2. The summed E-state index contributed by atoms with van der Waals surface area (Å²) in [6.45, 7) is 3.91. The van der Waals surface area contributed by atoms with Gasteiger partial charge in [0.15, 0.2) is 0 Å². The summed E-state index contributed by atoms with van der Waals surface area (Å²) >= 11 is 0. The first kappa shape index (κ1) is 18.6. The Bertz CT molecular complexity index is 1180. The molecule has 0 bridgehead atoms. The van der Waals surface area contributed by atoms with Gasteiger partial charge in [0.05, 0.1) is 17.6 Å². The maximum atomic E-state index is 12.6. The Morgan fingerprint density at radius 3 is 2.55 bits per heavy atom. The van der Waals surface area contributed by atoms with Crippen LogP contribution in [0.25, 0.3) is 16.6 Å². The lowest BCUT2D eigenvalue weighted by Gasteiger charge is -2.08. The van der Waals surface area contributed by atoms with E-state index in [4.69, 9.17) is 0 Å². The van der Waals surface area contributed by atoms with Gasteiger partial charge in [0.2, 0.25) is 5.91 Å². The molecule has 2 heterocycles. The molecule has 0 fully saturated rings. The second-order valence-electron chi connectivity index (χ2n) is 6.90. The van der Waals surface area contributed by atoms with E-state index < -0.39 is 0 Å². The third-order valence-electron chi connectivity index (χ3n) is 5.02. The number of amides is 1. The number of carbonyl (C=O) groups is 1. The van der Waals surface area contributed by atoms with Crippen molar-refractivity contribution in [3.63, 3.8) is 0 Å². The molecule has 0 unspecified atom stereocenters. The van der Waals surface area contributed by atoms with Crippen LogP contribution in [0.1, 0.15) is 23.7 Å². The molecule has 0 radical (unpaired) electrons. The average Bonchev–Trinajstić information content (AvgIpc) is 3.04. The van der Waals surface area contributed by atoms with Crippen LogP contribution in [0.15, 0.2) is 84.2 Å². The highest BCUT2D eigenvalue weighted by Gasteiger charge is 2.17. The molecule has 1 amide bonds. The highest BCUT2D eigenvalue weighted by molar-refractivity contribution is 5.99. The topological polar surface area (TPSA) is 59.3 Å². The first-order chi connectivity index (χ1) is 14.1. The van der Waals surface area contributed by atoms with E-state index in [9.17, 15) is 4.79 Å². The van der Waals surface area contributed by atoms with E-state index in [1.807, 2.05) is 49.4 Å². The predicted octanol–water partition coefficient (Wildman–Crippen LogP) is 4.42. The maximum absolute atomic E-state index is 12.6. The van der Waals surface area contributed by atoms with E-state index in [1.54, 1.807) is 12.4 Å². The van der Waals surface area contributed by atoms with Crippen LogP contribution in [0.3, 0.4) is 0 Å². The van der Waals surface area contributed by atoms with Crippen molar-refractivity contribution >= 4 is 22.5 Å². The Morgan fingerprint density at radius 1 is 1.03 bits per heavy atom. The standard InChI is InChI=1S/C24H22N4O/c1-17(19-9-8-14-25-16-19)26-27-24(29)15-22-18(2)28(20-10-4-3-5-11-20)23-13-7-6-12-21(22)23/h3-14,16H,15H2,1-2H3,(H,27,29)/b26-17-. The number of nitrogens with one attached hydrogen (secondary N) is 1. The zero-order valence-corrected chi connectivity index (χ0v) is 16.5. The lowest BCUT2D eigenvalue weighted by molar-refractivity contribution is -0.120. The second kappa shape index (κ2) is 8.10. The van der Waals surface area contributed by atoms with Gasteiger partial charge in [-0.25, -0.2) is 5.43 Å². The van der Waals surface area contributed by atoms with E-state index in [-0.39, 0.29) is 12.3 Å². The van der Waals surface area contributed by atoms with Crippen molar-refractivity contribution in [1.29, 1.82) is 0 Å². The molecule has 0 aliphatic rings. The van der Waals surface area contributed by atoms with Crippen LogP contribution in [0.5, 0.6) is 0 Å². The summed E-state index contributed by atoms with van der Waals surface area (Å²) in [4.78, 5) is 16.7. The Labute approximate surface area is 169 Å². The molecule has 5 heteroatoms. The van der Waals surface area contributed by atoms with Gasteiger partial charge in [0.25, 0.3) is 0 Å². The second-order valence-corrected chi connectivity index (χ2v) is 6.90. The number of fused-ring (bicyclic) bond motifs is 1. The molecule has 0 aliphatic carbocycles. The predicted molar refractivity (Wildman–Crippen MR) is 116 cm³/mol. The van der Waals surface area contributed by atoms with Gasteiger partial charge in [-0.3, -0.25) is 9.78 Å². The van der Waals surface area contributed by atoms with Crippen molar-refractivity contribution in [3.05, 3.63) is 95.9 Å². The third kappa shape index (κ3) is 3.80. The van der Waals surface area contributed by atoms with E-state index >= 15 is 0 Å². The smallest absolute Gasteiger partial charge is 0.244 e. The number of hydrazone groups is 1. The molecule has 29 heavy (non-hydrogen) atoms. The van der Waals surface area contributed by atoms with Crippen molar-refractivity contribution < 1.29 is 4.79 Å². The van der Waals surface area contributed by atoms with Crippen LogP contribution < -0.4 is 5.43 Å². The van der Waals surface area contributed by atoms with Gasteiger partial charge in [0.1, 0.15) is 0 Å². The molecule has 1 N–H and O–H groups in total. The molecule has 4 aromatic rings. The third-order valence-corrected chi connectivity index (χ3v) is 5.02. The molecular formula is C24H22N4O. The minimum Gasteiger partial charge on any atom is -0.314 e. The van der Waals surface area contributed by atoms with Gasteiger partial charge in [-0.05, 0) is 43.7 Å². The van der Waals surface area contributed by atoms with Gasteiger partial charge in [0, 0.05) is 34.7 Å². The largest absolute Gasteiger partial charge is 0.314 e. The minimum absolute atomic E-state index is 0.146. The summed E-state index contributed by atoms with van der Waals surface area (Å²) < 4.78 is 2.20. The zero-order valence-electron chi connectivity index (χ0n) is 16.5. The van der Waals surface area contributed by atoms with Crippen LogP contribution in [0.4, 0.5) is 0 Å². The molecule has 2 aromatic carbocycles. The Kier molecular flexibility index (Phi) is 5.20. The van der Waals surface area contributed by atoms with Crippen LogP contribution in [-0.4, -0.2) is 21.2 Å². The number of rotatable bonds is 5. The van der Waals surface area contributed by atoms with E-state index in [1.165, 1.54) is 0 Å². The monoisotopic (exact) mass is 382 g/mol. The van der Waals surface area contributed by atoms with Crippen molar-refractivity contribution in [2.45, 2.75) is 20.3 Å². The summed E-state index contributed by atoms with van der Waals surface area (Å²) in [5.41, 5.74) is 8.52. The van der Waals surface area contributed by atoms with Crippen LogP contribution in [-0.2, 0) is 11.2 Å². The fourth-order valence-electron chi connectivity index (χ4n) is 3.55. The Balaban J connectivity index is 1.63. The number of benzene rings is 2. The Morgan fingerprint density at radius 2 is 1.79 bits per heavy atom. The fourth-order valence-corrected chi connectivity index (χ4v) is 3.55. The van der Waals surface area contributed by atoms with E-state index in [2.05, 4.69) is 51.3 Å². The lowest BCUT2D eigenvalue weighted by Crippen LogP contribution is -2.21. The molecule has 0 saturated heterocycles. The summed E-state index contributed by atoms with van der Waals surface area (Å²) in [5.74, 6) is -0.146. The highest BCUT2D eigenvalue weighted by atomic mass is 16.2. The summed E-state index contributed by atoms with van der Waals surface area (Å²) in [5, 5.41) is 5.32. The van der Waals surface area contributed by atoms with Gasteiger partial charge in [-0.2, -0.15) is 5.10 Å². The van der Waals surface area contributed by atoms with E-state index in [0.29, 0.717) is 0 Å². The molecule has 0 spiro atoms. The quantitative estimate of drug-likeness (QED) is 0.410. The first-order valence-electron chi connectivity index (χ1n) is 9.53. The molecule has 144 valence electrons. The number of aromatic nitrogens is 2. The SMILES string of the molecule is C/C(=N/NC(=O)Cc1c(C)n(-c2ccccc2)c2ccccc12)c1cccnc1. The zero-order chi connectivity index (χ0) is 20.2. The van der Waals surface area contributed by atoms with Crippen LogP contribution >= 0.6 is 0 Å². The van der Waals surface area contributed by atoms with Gasteiger partial charge >= 0.3 is 0 Å². The molecule has 2 aromatic heterocycles. The first-order valence-corrected chi connectivity index (χ1v) is 9.53. The number of carbonyl (C=O) groups excluding carboxylic acids is 1. The minimum atomic E-state index is -0.146. The van der Waals surface area contributed by atoms with Crippen molar-refractivity contribution in [1.82, 2.24) is 15.0 Å². The molecule has 4 rings (SSSR count). The number of hydrogen-bond donors (Lipinski definition) is 1. The van der Waals surface area contributed by atoms with Crippen molar-refractivity contribution in [2.75, 3.05) is 0 Å². The molecular weight excluding hydrogens is 360 g/mol. The van der Waals surface area contributed by atoms with Crippen LogP contribution in [0, 0.1) is 6.92 Å². The summed E-state index contributed by atoms with van der Waals surface area (Å²) in [6.07, 6.45) is 3.69. The summed E-state index contributed by atoms with van der Waals surface area (Å²) in [6, 6.07) is 22.1. The molecule has 0 atom stereocenters. The fraction of sp³-hybridized carbons (Fsp3) is 0.125. The van der Waals surface area contributed by atoms with Crippen LogP contribution in [0.2, 0.25) is 0 Å². The number of hydrogen-bond acceptors (Lipinski definition) is 3. The van der Waals surface area contributed by atoms with Crippen molar-refractivity contribution in [2.24, 2.45) is 5.10 Å². The lowest BCUT2D eigenvalue weighted by atomic mass is 10.1. The highest BCUT2D eigenvalue weighted by Crippen LogP contribution is 2.29. The maximum Gasteiger partial charge on any atom is 0.244 e. The van der Waals surface area contributed by atoms with Gasteiger partial charge in [-0.15, -0.1) is 0 Å². The Hall–Kier alpha value is -3.73. The number of nitrogens with zero attached hydrogens (tertiary/aromatic N) is 3. The summed E-state index contributed by atoms with van der Waals surface area (Å²) in [7, 11) is 0. The molecule has 0 aliphatic heterocycles.